The highest BCUT2D eigenvalue weighted by Gasteiger charge is 2.71. The molecule has 0 radical (unpaired) electrons. The van der Waals surface area contributed by atoms with Crippen LogP contribution in [0.25, 0.3) is 0 Å². The first kappa shape index (κ1) is 57.4. The molecule has 0 aromatic heterocycles. The molecule has 16 heteroatoms. The summed E-state index contributed by atoms with van der Waals surface area (Å²) in [5.74, 6) is -2.54. The Balaban J connectivity index is 0.901. The molecule has 6 fully saturated rings. The van der Waals surface area contributed by atoms with Gasteiger partial charge in [-0.25, -0.2) is 9.59 Å². The third-order valence-corrected chi connectivity index (χ3v) is 20.8. The lowest BCUT2D eigenvalue weighted by molar-refractivity contribution is -0.372. The smallest absolute Gasteiger partial charge is 0.338 e. The summed E-state index contributed by atoms with van der Waals surface area (Å²) in [5.41, 5.74) is 0.683. The predicted molar refractivity (Wildman–Crippen MR) is 285 cm³/mol. The highest BCUT2D eigenvalue weighted by Crippen LogP contribution is 2.75. The number of aliphatic hydroxyl groups excluding tert-OH is 5. The molecule has 5 N–H and O–H groups in total. The van der Waals surface area contributed by atoms with Gasteiger partial charge in [0.15, 0.2) is 30.6 Å². The number of carbonyl (C=O) groups excluding carboxylic acids is 4. The summed E-state index contributed by atoms with van der Waals surface area (Å²) >= 11 is 0. The molecular formula is C63H80O16. The number of fused-ring (bicyclic) bond motifs is 7. The van der Waals surface area contributed by atoms with Gasteiger partial charge in [-0.1, -0.05) is 138 Å². The van der Waals surface area contributed by atoms with Crippen molar-refractivity contribution in [2.45, 2.75) is 194 Å². The Morgan fingerprint density at radius 3 is 1.66 bits per heavy atom. The number of esters is 3. The third-order valence-electron chi connectivity index (χ3n) is 20.8. The van der Waals surface area contributed by atoms with Gasteiger partial charge in [0.2, 0.25) is 0 Å². The van der Waals surface area contributed by atoms with Gasteiger partial charge in [0.25, 0.3) is 0 Å². The Morgan fingerprint density at radius 1 is 0.570 bits per heavy atom. The molecule has 10 rings (SSSR count). The number of rotatable bonds is 13. The van der Waals surface area contributed by atoms with Crippen molar-refractivity contribution in [2.24, 2.45) is 50.2 Å². The zero-order valence-electron chi connectivity index (χ0n) is 46.5. The minimum Gasteiger partial charge on any atom is -0.460 e. The van der Waals surface area contributed by atoms with Gasteiger partial charge in [-0.15, -0.1) is 0 Å². The number of allylic oxidation sites excluding steroid dienone is 2. The normalized spacial score (nSPS) is 41.5. The van der Waals surface area contributed by atoms with E-state index in [1.54, 1.807) is 54.6 Å². The second-order valence-electron chi connectivity index (χ2n) is 25.9. The van der Waals surface area contributed by atoms with E-state index in [4.69, 9.17) is 33.2 Å². The van der Waals surface area contributed by atoms with Crippen LogP contribution in [0.5, 0.6) is 0 Å². The average molecular weight is 1090 g/mol. The van der Waals surface area contributed by atoms with Crippen molar-refractivity contribution < 1.29 is 77.9 Å². The molecule has 3 aromatic carbocycles. The molecule has 4 saturated carbocycles. The molecule has 0 spiro atoms. The second-order valence-corrected chi connectivity index (χ2v) is 25.9. The maximum absolute atomic E-state index is 15.4. The van der Waals surface area contributed by atoms with Crippen molar-refractivity contribution in [2.75, 3.05) is 0 Å². The molecule has 2 unspecified atom stereocenters. The van der Waals surface area contributed by atoms with E-state index in [-0.39, 0.29) is 60.2 Å². The molecule has 0 bridgehead atoms. The van der Waals surface area contributed by atoms with Crippen LogP contribution in [0.3, 0.4) is 0 Å². The molecule has 2 saturated heterocycles. The fourth-order valence-corrected chi connectivity index (χ4v) is 15.9. The van der Waals surface area contributed by atoms with Crippen molar-refractivity contribution in [3.8, 4) is 0 Å². The largest absolute Gasteiger partial charge is 0.460 e. The van der Waals surface area contributed by atoms with Crippen molar-refractivity contribution in [1.82, 2.24) is 0 Å². The summed E-state index contributed by atoms with van der Waals surface area (Å²) in [6.45, 7) is 15.4. The molecule has 0 amide bonds. The number of ether oxygens (including phenoxy) is 7. The summed E-state index contributed by atoms with van der Waals surface area (Å²) in [6.07, 6.45) is -10.8. The number of aliphatic hydroxyl groups is 5. The van der Waals surface area contributed by atoms with Crippen LogP contribution in [0.1, 0.15) is 123 Å². The standard InChI is InChI=1S/C63H80O16/c1-58(2)42-23-26-63(7)52(41(64)31-39-40-32-60(4,28-27-59(40,3)29-30-62(39,63)6)57(72)75-35-38-21-15-10-16-22-38)61(42,5)25-24-43(58)76-56-51(47(68)46(67)50(78-56)54(71)74-34-37-19-13-9-14-20-37)79-55-48(69)44(65)45(66)49(77-55)53(70)73-33-36-17-11-8-12-18-36/h8-22,31,40,42-52,55-56,65-69H,23-30,32-35H2,1-7H3/t40?,42?,43-,44-,45-,46-,47-,48+,49-,50-,51+,52+,55-,56+,59+,60-,61-,62+,63+/m0/s1. The Kier molecular flexibility index (Phi) is 15.8. The van der Waals surface area contributed by atoms with E-state index in [0.29, 0.717) is 30.4 Å². The SMILES string of the molecule is CC1(C)C2CC[C@]3(C)[C@H](C(=O)C=C4C5C[C@@](C)(C(=O)OCc6ccccc6)CC[C@]5(C)CC[C@]43C)[C@@]2(C)CC[C@@H]1O[C@@H]1O[C@H](C(=O)OCc2ccccc2)[C@@H](O)[C@H](O)[C@H]1O[C@@H]1O[C@H](C(=O)OCc2ccccc2)[C@@H](O)[C@H](O)[C@H]1O. The van der Waals surface area contributed by atoms with Crippen LogP contribution in [0.2, 0.25) is 0 Å². The minimum absolute atomic E-state index is 0.0221. The van der Waals surface area contributed by atoms with Gasteiger partial charge in [-0.2, -0.15) is 0 Å². The zero-order chi connectivity index (χ0) is 56.5. The Hall–Kier alpha value is -4.88. The van der Waals surface area contributed by atoms with Crippen molar-refractivity contribution in [3.05, 3.63) is 119 Å². The van der Waals surface area contributed by atoms with Gasteiger partial charge in [0, 0.05) is 5.92 Å². The lowest BCUT2D eigenvalue weighted by atomic mass is 9.33. The first-order chi connectivity index (χ1) is 37.4. The van der Waals surface area contributed by atoms with E-state index in [1.807, 2.05) is 49.4 Å². The van der Waals surface area contributed by atoms with Crippen molar-refractivity contribution in [1.29, 1.82) is 0 Å². The first-order valence-electron chi connectivity index (χ1n) is 28.3. The van der Waals surface area contributed by atoms with E-state index in [9.17, 15) is 39.9 Å². The van der Waals surface area contributed by atoms with Crippen LogP contribution in [0.15, 0.2) is 103 Å². The molecular weight excluding hydrogens is 1010 g/mol. The van der Waals surface area contributed by atoms with Crippen molar-refractivity contribution >= 4 is 23.7 Å². The summed E-state index contributed by atoms with van der Waals surface area (Å²) in [7, 11) is 0. The molecule has 16 nitrogen and oxygen atoms in total. The maximum atomic E-state index is 15.4. The molecule has 3 aromatic rings. The highest BCUT2D eigenvalue weighted by atomic mass is 16.8. The van der Waals surface area contributed by atoms with E-state index in [0.717, 1.165) is 44.1 Å². The van der Waals surface area contributed by atoms with Gasteiger partial charge >= 0.3 is 17.9 Å². The predicted octanol–water partition coefficient (Wildman–Crippen LogP) is 7.22. The third kappa shape index (κ3) is 10.2. The molecule has 2 aliphatic heterocycles. The fourth-order valence-electron chi connectivity index (χ4n) is 15.9. The lowest BCUT2D eigenvalue weighted by Gasteiger charge is -2.70. The zero-order valence-corrected chi connectivity index (χ0v) is 46.5. The number of hydrogen-bond acceptors (Lipinski definition) is 16. The molecule has 7 aliphatic rings. The van der Waals surface area contributed by atoms with E-state index in [2.05, 4.69) is 41.5 Å². The Labute approximate surface area is 463 Å². The van der Waals surface area contributed by atoms with Gasteiger partial charge < -0.3 is 58.7 Å². The fraction of sp³-hybridized carbons (Fsp3) is 0.619. The van der Waals surface area contributed by atoms with Crippen LogP contribution in [0.4, 0.5) is 0 Å². The first-order valence-corrected chi connectivity index (χ1v) is 28.3. The molecule has 5 aliphatic carbocycles. The monoisotopic (exact) mass is 1090 g/mol. The van der Waals surface area contributed by atoms with Crippen LogP contribution >= 0.6 is 0 Å². The number of benzene rings is 3. The van der Waals surface area contributed by atoms with Gasteiger partial charge in [0.1, 0.15) is 56.4 Å². The van der Waals surface area contributed by atoms with Crippen molar-refractivity contribution in [3.63, 3.8) is 0 Å². The highest BCUT2D eigenvalue weighted by molar-refractivity contribution is 5.95. The van der Waals surface area contributed by atoms with Crippen LogP contribution in [0, 0.1) is 50.2 Å². The van der Waals surface area contributed by atoms with E-state index < -0.39 is 101 Å². The van der Waals surface area contributed by atoms with Gasteiger partial charge in [0.05, 0.1) is 11.5 Å². The van der Waals surface area contributed by atoms with Crippen LogP contribution in [-0.4, -0.2) is 117 Å². The average Bonchev–Trinajstić information content (AvgIpc) is 1.52. The molecule has 2 heterocycles. The lowest BCUT2D eigenvalue weighted by Crippen LogP contribution is -2.68. The van der Waals surface area contributed by atoms with Crippen LogP contribution < -0.4 is 0 Å². The summed E-state index contributed by atoms with van der Waals surface area (Å²) in [6, 6.07) is 27.4. The second kappa shape index (κ2) is 21.8. The van der Waals surface area contributed by atoms with E-state index >= 15 is 4.79 Å². The number of hydrogen-bond donors (Lipinski definition) is 5. The Bertz CT molecular complexity index is 2740. The van der Waals surface area contributed by atoms with Gasteiger partial charge in [-0.3, -0.25) is 9.59 Å². The Morgan fingerprint density at radius 2 is 1.09 bits per heavy atom. The van der Waals surface area contributed by atoms with Crippen LogP contribution in [-0.2, 0) is 72.2 Å². The molecule has 19 atom stereocenters. The topological polar surface area (TPSA) is 234 Å². The summed E-state index contributed by atoms with van der Waals surface area (Å²) < 4.78 is 42.3. The number of ketones is 1. The quantitative estimate of drug-likeness (QED) is 0.0646. The maximum Gasteiger partial charge on any atom is 0.338 e. The molecule has 428 valence electrons. The minimum atomic E-state index is -1.99. The summed E-state index contributed by atoms with van der Waals surface area (Å²) in [5, 5.41) is 56.9. The van der Waals surface area contributed by atoms with Gasteiger partial charge in [-0.05, 0) is 126 Å². The number of carbonyl (C=O) groups is 4. The van der Waals surface area contributed by atoms with E-state index in [1.165, 1.54) is 5.57 Å². The summed E-state index contributed by atoms with van der Waals surface area (Å²) in [4.78, 5) is 56.7. The molecule has 79 heavy (non-hydrogen) atoms.